The number of benzene rings is 3. The van der Waals surface area contributed by atoms with E-state index in [9.17, 15) is 14.3 Å². The molecule has 0 aromatic heterocycles. The summed E-state index contributed by atoms with van der Waals surface area (Å²) in [7, 11) is 1.60. The molecule has 1 saturated carbocycles. The summed E-state index contributed by atoms with van der Waals surface area (Å²) < 4.78 is 26.5. The second kappa shape index (κ2) is 12.8. The van der Waals surface area contributed by atoms with Gasteiger partial charge in [-0.3, -0.25) is 4.79 Å². The Labute approximate surface area is 219 Å². The van der Waals surface area contributed by atoms with Gasteiger partial charge in [-0.1, -0.05) is 62.9 Å². The van der Waals surface area contributed by atoms with E-state index in [-0.39, 0.29) is 18.2 Å². The van der Waals surface area contributed by atoms with Crippen LogP contribution in [0, 0.1) is 5.82 Å². The molecule has 1 atom stereocenters. The molecule has 3 aromatic carbocycles. The summed E-state index contributed by atoms with van der Waals surface area (Å²) in [6.07, 6.45) is 7.94. The highest BCUT2D eigenvalue weighted by Gasteiger charge is 2.21. The third kappa shape index (κ3) is 6.91. The van der Waals surface area contributed by atoms with E-state index in [4.69, 9.17) is 9.47 Å². The van der Waals surface area contributed by atoms with Gasteiger partial charge in [0.25, 0.3) is 0 Å². The largest absolute Gasteiger partial charge is 0.497 e. The zero-order valence-corrected chi connectivity index (χ0v) is 21.8. The van der Waals surface area contributed by atoms with E-state index < -0.39 is 5.97 Å². The van der Waals surface area contributed by atoms with Crippen molar-refractivity contribution in [3.8, 4) is 22.6 Å². The Morgan fingerprint density at radius 3 is 2.46 bits per heavy atom. The molecule has 0 aliphatic heterocycles. The van der Waals surface area contributed by atoms with E-state index in [0.29, 0.717) is 23.8 Å². The third-order valence-corrected chi connectivity index (χ3v) is 7.52. The van der Waals surface area contributed by atoms with Gasteiger partial charge in [0.2, 0.25) is 0 Å². The molecule has 0 spiro atoms. The number of carboxylic acid groups (broad SMARTS) is 1. The monoisotopic (exact) mass is 504 g/mol. The average molecular weight is 505 g/mol. The zero-order chi connectivity index (χ0) is 26.2. The average Bonchev–Trinajstić information content (AvgIpc) is 3.20. The van der Waals surface area contributed by atoms with Crippen LogP contribution in [0.5, 0.6) is 11.5 Å². The van der Waals surface area contributed by atoms with Crippen molar-refractivity contribution in [3.05, 3.63) is 83.2 Å². The molecule has 196 valence electrons. The fourth-order valence-corrected chi connectivity index (χ4v) is 5.45. The fraction of sp³-hybridized carbons (Fsp3) is 0.406. The SMILES string of the molecule is CC[C@@H](CC(=O)O)c1cccc(OCc2ccc(-c3cc(OC)ccc3F)c(C3CCCCCC3)c2)c1. The van der Waals surface area contributed by atoms with Crippen molar-refractivity contribution in [2.75, 3.05) is 7.11 Å². The van der Waals surface area contributed by atoms with Crippen LogP contribution in [0.15, 0.2) is 60.7 Å². The lowest BCUT2D eigenvalue weighted by Gasteiger charge is -2.21. The van der Waals surface area contributed by atoms with E-state index in [1.165, 1.54) is 37.3 Å². The zero-order valence-electron chi connectivity index (χ0n) is 21.8. The summed E-state index contributed by atoms with van der Waals surface area (Å²) in [4.78, 5) is 11.2. The van der Waals surface area contributed by atoms with Crippen molar-refractivity contribution in [2.24, 2.45) is 0 Å². The maximum atomic E-state index is 15.0. The number of halogens is 1. The number of carbonyl (C=O) groups is 1. The summed E-state index contributed by atoms with van der Waals surface area (Å²) in [5, 5.41) is 9.24. The molecule has 37 heavy (non-hydrogen) atoms. The molecule has 0 saturated heterocycles. The van der Waals surface area contributed by atoms with Crippen LogP contribution in [0.3, 0.4) is 0 Å². The summed E-state index contributed by atoms with van der Waals surface area (Å²) in [6, 6.07) is 18.9. The normalized spacial score (nSPS) is 15.1. The molecule has 0 bridgehead atoms. The van der Waals surface area contributed by atoms with Gasteiger partial charge in [0.1, 0.15) is 23.9 Å². The molecule has 0 heterocycles. The Bertz CT molecular complexity index is 1200. The lowest BCUT2D eigenvalue weighted by atomic mass is 9.85. The van der Waals surface area contributed by atoms with Crippen molar-refractivity contribution in [3.63, 3.8) is 0 Å². The summed E-state index contributed by atoms with van der Waals surface area (Å²) in [6.45, 7) is 2.39. The predicted octanol–water partition coefficient (Wildman–Crippen LogP) is 8.49. The van der Waals surface area contributed by atoms with Crippen LogP contribution in [0.4, 0.5) is 4.39 Å². The van der Waals surface area contributed by atoms with Crippen LogP contribution < -0.4 is 9.47 Å². The van der Waals surface area contributed by atoms with Crippen LogP contribution in [0.2, 0.25) is 0 Å². The number of methoxy groups -OCH3 is 1. The van der Waals surface area contributed by atoms with E-state index in [1.807, 2.05) is 43.3 Å². The summed E-state index contributed by atoms with van der Waals surface area (Å²) in [5.41, 5.74) is 4.69. The summed E-state index contributed by atoms with van der Waals surface area (Å²) >= 11 is 0. The van der Waals surface area contributed by atoms with Crippen LogP contribution in [0.25, 0.3) is 11.1 Å². The van der Waals surface area contributed by atoms with Crippen LogP contribution in [0.1, 0.15) is 86.8 Å². The first-order valence-corrected chi connectivity index (χ1v) is 13.4. The molecular weight excluding hydrogens is 467 g/mol. The first-order valence-electron chi connectivity index (χ1n) is 13.4. The highest BCUT2D eigenvalue weighted by Crippen LogP contribution is 2.40. The smallest absolute Gasteiger partial charge is 0.303 e. The first-order chi connectivity index (χ1) is 18.0. The van der Waals surface area contributed by atoms with Gasteiger partial charge in [-0.15, -0.1) is 0 Å². The van der Waals surface area contributed by atoms with E-state index in [1.54, 1.807) is 19.2 Å². The van der Waals surface area contributed by atoms with Gasteiger partial charge in [-0.25, -0.2) is 4.39 Å². The Morgan fingerprint density at radius 1 is 0.973 bits per heavy atom. The van der Waals surface area contributed by atoms with Crippen molar-refractivity contribution >= 4 is 5.97 Å². The molecule has 1 N–H and O–H groups in total. The predicted molar refractivity (Wildman–Crippen MR) is 145 cm³/mol. The topological polar surface area (TPSA) is 55.8 Å². The van der Waals surface area contributed by atoms with Gasteiger partial charge in [-0.05, 0) is 83.7 Å². The Balaban J connectivity index is 1.61. The minimum Gasteiger partial charge on any atom is -0.497 e. The van der Waals surface area contributed by atoms with Gasteiger partial charge >= 0.3 is 5.97 Å². The molecule has 0 radical (unpaired) electrons. The van der Waals surface area contributed by atoms with E-state index in [0.717, 1.165) is 41.7 Å². The van der Waals surface area contributed by atoms with Gasteiger partial charge in [0.15, 0.2) is 0 Å². The van der Waals surface area contributed by atoms with Gasteiger partial charge in [-0.2, -0.15) is 0 Å². The molecule has 0 amide bonds. The first kappa shape index (κ1) is 26.7. The lowest BCUT2D eigenvalue weighted by Crippen LogP contribution is -2.06. The third-order valence-electron chi connectivity index (χ3n) is 7.52. The Hall–Kier alpha value is -3.34. The van der Waals surface area contributed by atoms with Gasteiger partial charge < -0.3 is 14.6 Å². The minimum atomic E-state index is -0.795. The van der Waals surface area contributed by atoms with E-state index in [2.05, 4.69) is 6.07 Å². The molecule has 3 aromatic rings. The maximum Gasteiger partial charge on any atom is 0.303 e. The maximum absolute atomic E-state index is 15.0. The number of carboxylic acids is 1. The van der Waals surface area contributed by atoms with Crippen LogP contribution in [-0.2, 0) is 11.4 Å². The van der Waals surface area contributed by atoms with Gasteiger partial charge in [0.05, 0.1) is 13.5 Å². The van der Waals surface area contributed by atoms with Crippen molar-refractivity contribution < 1.29 is 23.8 Å². The highest BCUT2D eigenvalue weighted by atomic mass is 19.1. The molecule has 1 aliphatic carbocycles. The Morgan fingerprint density at radius 2 is 1.76 bits per heavy atom. The molecule has 4 rings (SSSR count). The second-order valence-corrected chi connectivity index (χ2v) is 10.0. The molecular formula is C32H37FO4. The standard InChI is InChI=1S/C32H37FO4/c1-3-23(19-32(34)35)25-11-8-12-27(18-25)37-21-22-13-15-28(30-20-26(36-2)14-16-31(30)33)29(17-22)24-9-6-4-5-7-10-24/h8,11-18,20,23-24H,3-7,9-10,19,21H2,1-2H3,(H,34,35)/t23-/m0/s1. The molecule has 1 aliphatic rings. The molecule has 1 fully saturated rings. The molecule has 4 nitrogen and oxygen atoms in total. The number of rotatable bonds is 10. The second-order valence-electron chi connectivity index (χ2n) is 10.0. The number of ether oxygens (including phenoxy) is 2. The van der Waals surface area contributed by atoms with Crippen molar-refractivity contribution in [1.29, 1.82) is 0 Å². The van der Waals surface area contributed by atoms with Crippen molar-refractivity contribution in [2.45, 2.75) is 76.7 Å². The fourth-order valence-electron chi connectivity index (χ4n) is 5.45. The minimum absolute atomic E-state index is 0.0417. The number of hydrogen-bond acceptors (Lipinski definition) is 3. The Kier molecular flexibility index (Phi) is 9.21. The van der Waals surface area contributed by atoms with Crippen LogP contribution in [-0.4, -0.2) is 18.2 Å². The molecule has 0 unspecified atom stereocenters. The van der Waals surface area contributed by atoms with Gasteiger partial charge in [0, 0.05) is 5.56 Å². The van der Waals surface area contributed by atoms with Crippen molar-refractivity contribution in [1.82, 2.24) is 0 Å². The van der Waals surface area contributed by atoms with Crippen LogP contribution >= 0.6 is 0 Å². The quantitative estimate of drug-likeness (QED) is 0.281. The summed E-state index contributed by atoms with van der Waals surface area (Å²) in [5.74, 6) is 0.664. The lowest BCUT2D eigenvalue weighted by molar-refractivity contribution is -0.137. The highest BCUT2D eigenvalue weighted by molar-refractivity contribution is 5.71. The number of aliphatic carboxylic acids is 1. The van der Waals surface area contributed by atoms with E-state index >= 15 is 0 Å². The molecule has 5 heteroatoms. The number of hydrogen-bond donors (Lipinski definition) is 1.